The molecule has 0 saturated carbocycles. The highest BCUT2D eigenvalue weighted by Gasteiger charge is 2.10. The molecule has 2 nitrogen and oxygen atoms in total. The summed E-state index contributed by atoms with van der Waals surface area (Å²) in [7, 11) is 3.30. The van der Waals surface area contributed by atoms with Gasteiger partial charge in [0, 0.05) is 0 Å². The van der Waals surface area contributed by atoms with Gasteiger partial charge in [0.05, 0.1) is 18.4 Å². The second-order valence-electron chi connectivity index (χ2n) is 1.82. The molecule has 0 aliphatic heterocycles. The van der Waals surface area contributed by atoms with Crippen molar-refractivity contribution < 1.29 is 4.48 Å². The molecule has 0 bridgehead atoms. The molecule has 0 heterocycles. The van der Waals surface area contributed by atoms with E-state index in [1.54, 1.807) is 14.1 Å². The summed E-state index contributed by atoms with van der Waals surface area (Å²) in [4.78, 5) is 0. The van der Waals surface area contributed by atoms with Crippen LogP contribution in [0.1, 0.15) is 0 Å². The highest BCUT2D eigenvalue weighted by atomic mass is 32.1. The molecule has 0 aliphatic carbocycles. The molecule has 0 N–H and O–H groups in total. The molecule has 0 aromatic rings. The van der Waals surface area contributed by atoms with Gasteiger partial charge in [0.2, 0.25) is 0 Å². The molecule has 0 spiro atoms. The van der Waals surface area contributed by atoms with Gasteiger partial charge in [-0.3, -0.25) is 0 Å². The predicted octanol–water partition coefficient (Wildman–Crippen LogP) is 0.376. The van der Waals surface area contributed by atoms with Crippen LogP contribution in [0.3, 0.4) is 0 Å². The van der Waals surface area contributed by atoms with E-state index in [9.17, 15) is 0 Å². The van der Waals surface area contributed by atoms with Crippen LogP contribution >= 0.6 is 12.2 Å². The molecular weight excluding hydrogens is 140 g/mol. The van der Waals surface area contributed by atoms with Gasteiger partial charge in [-0.1, -0.05) is 0 Å². The smallest absolute Gasteiger partial charge is 0.312 e. The highest BCUT2D eigenvalue weighted by molar-refractivity contribution is 7.99. The van der Waals surface area contributed by atoms with Gasteiger partial charge in [0.1, 0.15) is 0 Å². The van der Waals surface area contributed by atoms with E-state index in [0.717, 1.165) is 0 Å². The Morgan fingerprint density at radius 2 is 2.12 bits per heavy atom. The third-order valence-corrected chi connectivity index (χ3v) is 1.62. The Morgan fingerprint density at radius 1 is 1.75 bits per heavy atom. The molecule has 4 heteroatoms. The van der Waals surface area contributed by atoms with Crippen molar-refractivity contribution in [2.45, 2.75) is 0 Å². The quantitative estimate of drug-likeness (QED) is 0.214. The Hall–Kier alpha value is -0.240. The summed E-state index contributed by atoms with van der Waals surface area (Å²) < 4.78 is 0.248. The molecule has 0 amide bonds. The van der Waals surface area contributed by atoms with E-state index >= 15 is 0 Å². The number of hydrogen-bond acceptors (Lipinski definition) is 3. The SMILES string of the molecule is C[N+](C)(C#N)C(=S)[S-]. The lowest BCUT2D eigenvalue weighted by Crippen LogP contribution is -2.37. The molecular formula is C4H6N2S2. The van der Waals surface area contributed by atoms with E-state index < -0.39 is 0 Å². The Bertz CT molecular complexity index is 145. The van der Waals surface area contributed by atoms with Crippen LogP contribution in [0.15, 0.2) is 0 Å². The summed E-state index contributed by atoms with van der Waals surface area (Å²) in [5.41, 5.74) is 0. The van der Waals surface area contributed by atoms with Crippen molar-refractivity contribution in [3.05, 3.63) is 0 Å². The molecule has 0 unspecified atom stereocenters. The molecule has 0 aliphatic rings. The third kappa shape index (κ3) is 1.70. The van der Waals surface area contributed by atoms with Crippen LogP contribution in [0, 0.1) is 11.5 Å². The lowest BCUT2D eigenvalue weighted by atomic mass is 10.7. The normalized spacial score (nSPS) is 10.1. The number of nitriles is 1. The zero-order valence-corrected chi connectivity index (χ0v) is 6.34. The minimum Gasteiger partial charge on any atom is -0.368 e. The van der Waals surface area contributed by atoms with E-state index in [0.29, 0.717) is 0 Å². The lowest BCUT2D eigenvalue weighted by molar-refractivity contribution is -0.719. The van der Waals surface area contributed by atoms with Gasteiger partial charge in [-0.15, -0.1) is 5.26 Å². The zero-order chi connectivity index (χ0) is 6.78. The number of nitrogens with zero attached hydrogens (tertiary/aromatic N) is 2. The fraction of sp³-hybridized carbons (Fsp3) is 0.500. The Kier molecular flexibility index (Phi) is 2.28. The van der Waals surface area contributed by atoms with Crippen LogP contribution in [-0.2, 0) is 12.6 Å². The van der Waals surface area contributed by atoms with Gasteiger partial charge in [0.15, 0.2) is 0 Å². The fourth-order valence-corrected chi connectivity index (χ4v) is 0.122. The summed E-state index contributed by atoms with van der Waals surface area (Å²) in [6.07, 6.45) is 1.93. The first kappa shape index (κ1) is 7.76. The number of hydrogen-bond donors (Lipinski definition) is 0. The summed E-state index contributed by atoms with van der Waals surface area (Å²) in [6, 6.07) is 0. The maximum Gasteiger partial charge on any atom is 0.312 e. The van der Waals surface area contributed by atoms with Crippen molar-refractivity contribution in [1.82, 2.24) is 0 Å². The molecule has 0 atom stereocenters. The standard InChI is InChI=1S/C4H6N2S2/c1-6(2,3-5)4(7)8/h1-2H3. The van der Waals surface area contributed by atoms with Gasteiger partial charge in [-0.25, -0.2) is 4.48 Å². The maximum atomic E-state index is 8.33. The second kappa shape index (κ2) is 2.35. The van der Waals surface area contributed by atoms with Crippen LogP contribution in [-0.4, -0.2) is 22.9 Å². The molecule has 8 heavy (non-hydrogen) atoms. The first-order valence-electron chi connectivity index (χ1n) is 1.97. The van der Waals surface area contributed by atoms with Gasteiger partial charge >= 0.3 is 6.19 Å². The van der Waals surface area contributed by atoms with E-state index in [2.05, 4.69) is 24.8 Å². The first-order valence-corrected chi connectivity index (χ1v) is 2.79. The van der Waals surface area contributed by atoms with E-state index in [1.807, 2.05) is 6.19 Å². The fourth-order valence-electron chi connectivity index (χ4n) is 0.0408. The summed E-state index contributed by atoms with van der Waals surface area (Å²) in [5, 5.41) is 8.33. The summed E-state index contributed by atoms with van der Waals surface area (Å²) in [6.45, 7) is 0. The highest BCUT2D eigenvalue weighted by Crippen LogP contribution is 1.94. The van der Waals surface area contributed by atoms with E-state index in [-0.39, 0.29) is 8.80 Å². The summed E-state index contributed by atoms with van der Waals surface area (Å²) in [5.74, 6) is 0. The number of thiocarbonyl (C=S) groups is 1. The van der Waals surface area contributed by atoms with Crippen LogP contribution in [0.5, 0.6) is 0 Å². The van der Waals surface area contributed by atoms with Gasteiger partial charge in [-0.2, -0.15) is 0 Å². The lowest BCUT2D eigenvalue weighted by Gasteiger charge is -2.20. The van der Waals surface area contributed by atoms with Gasteiger partial charge in [0.25, 0.3) is 0 Å². The monoisotopic (exact) mass is 146 g/mol. The third-order valence-electron chi connectivity index (χ3n) is 0.706. The van der Waals surface area contributed by atoms with E-state index in [1.165, 1.54) is 0 Å². The minimum absolute atomic E-state index is 0.0231. The molecule has 0 aromatic carbocycles. The van der Waals surface area contributed by atoms with Crippen molar-refractivity contribution in [2.75, 3.05) is 14.1 Å². The molecule has 0 rings (SSSR count). The van der Waals surface area contributed by atoms with Crippen molar-refractivity contribution in [3.63, 3.8) is 0 Å². The molecule has 0 radical (unpaired) electrons. The number of rotatable bonds is 0. The van der Waals surface area contributed by atoms with Crippen molar-refractivity contribution in [1.29, 1.82) is 5.26 Å². The topological polar surface area (TPSA) is 23.8 Å². The number of quaternary nitrogens is 1. The van der Waals surface area contributed by atoms with E-state index in [4.69, 9.17) is 5.26 Å². The Balaban J connectivity index is 4.19. The molecule has 0 fully saturated rings. The van der Waals surface area contributed by atoms with Crippen molar-refractivity contribution in [3.8, 4) is 6.19 Å². The van der Waals surface area contributed by atoms with Crippen LogP contribution in [0.2, 0.25) is 0 Å². The zero-order valence-electron chi connectivity index (χ0n) is 4.71. The van der Waals surface area contributed by atoms with Crippen LogP contribution < -0.4 is 0 Å². The first-order chi connectivity index (χ1) is 3.50. The predicted molar refractivity (Wildman–Crippen MR) is 37.7 cm³/mol. The van der Waals surface area contributed by atoms with Crippen LogP contribution in [0.4, 0.5) is 0 Å². The van der Waals surface area contributed by atoms with Crippen molar-refractivity contribution in [2.24, 2.45) is 0 Å². The molecule has 0 saturated heterocycles. The van der Waals surface area contributed by atoms with Gasteiger partial charge in [-0.05, 0) is 0 Å². The summed E-state index contributed by atoms with van der Waals surface area (Å²) >= 11 is 9.19. The minimum atomic E-state index is -0.0231. The Labute approximate surface area is 59.7 Å². The molecule has 0 aromatic heterocycles. The Morgan fingerprint density at radius 3 is 2.12 bits per heavy atom. The largest absolute Gasteiger partial charge is 0.368 e. The second-order valence-corrected chi connectivity index (χ2v) is 2.85. The average molecular weight is 146 g/mol. The molecule has 44 valence electrons. The maximum absolute atomic E-state index is 8.33. The van der Waals surface area contributed by atoms with Gasteiger partial charge < -0.3 is 24.8 Å². The average Bonchev–Trinajstić information content (AvgIpc) is 1.67. The van der Waals surface area contributed by atoms with Crippen molar-refractivity contribution >= 4 is 29.2 Å². The van der Waals surface area contributed by atoms with Crippen LogP contribution in [0.25, 0.3) is 0 Å².